The first-order chi connectivity index (χ1) is 10.5. The molecule has 8 heteroatoms. The van der Waals surface area contributed by atoms with Gasteiger partial charge in [-0.2, -0.15) is 13.2 Å². The van der Waals surface area contributed by atoms with Gasteiger partial charge in [0.2, 0.25) is 5.88 Å². The minimum atomic E-state index is -4.52. The van der Waals surface area contributed by atoms with Gasteiger partial charge in [-0.3, -0.25) is 0 Å². The van der Waals surface area contributed by atoms with E-state index in [9.17, 15) is 18.0 Å². The SMILES string of the molecule is COc1ncc(C(F)(F)F)cc1C#CCNC(=O)OC(C)(C)C. The number of halogens is 3. The van der Waals surface area contributed by atoms with E-state index < -0.39 is 23.4 Å². The van der Waals surface area contributed by atoms with Crippen LogP contribution in [-0.4, -0.2) is 30.3 Å². The predicted molar refractivity (Wildman–Crippen MR) is 76.9 cm³/mol. The lowest BCUT2D eigenvalue weighted by Crippen LogP contribution is -2.32. The quantitative estimate of drug-likeness (QED) is 0.847. The molecule has 1 aromatic rings. The molecule has 0 aliphatic rings. The summed E-state index contributed by atoms with van der Waals surface area (Å²) in [7, 11) is 1.28. The minimum absolute atomic E-state index is 0.0201. The van der Waals surface area contributed by atoms with Crippen LogP contribution in [0.2, 0.25) is 0 Å². The molecular formula is C15H17F3N2O3. The van der Waals surface area contributed by atoms with Crippen LogP contribution < -0.4 is 10.1 Å². The number of carbonyl (C=O) groups excluding carboxylic acids is 1. The molecule has 0 saturated carbocycles. The predicted octanol–water partition coefficient (Wildman–Crippen LogP) is 2.99. The van der Waals surface area contributed by atoms with Gasteiger partial charge in [0.15, 0.2) is 0 Å². The first-order valence-corrected chi connectivity index (χ1v) is 6.60. The number of hydrogen-bond donors (Lipinski definition) is 1. The fourth-order valence-electron chi connectivity index (χ4n) is 1.43. The zero-order valence-corrected chi connectivity index (χ0v) is 13.2. The number of carbonyl (C=O) groups is 1. The monoisotopic (exact) mass is 330 g/mol. The zero-order valence-electron chi connectivity index (χ0n) is 13.2. The Morgan fingerprint density at radius 1 is 1.35 bits per heavy atom. The van der Waals surface area contributed by atoms with Gasteiger partial charge in [0, 0.05) is 6.20 Å². The molecule has 0 saturated heterocycles. The van der Waals surface area contributed by atoms with Gasteiger partial charge in [-0.05, 0) is 26.8 Å². The van der Waals surface area contributed by atoms with Gasteiger partial charge in [0.25, 0.3) is 0 Å². The van der Waals surface area contributed by atoms with Gasteiger partial charge >= 0.3 is 12.3 Å². The fraction of sp³-hybridized carbons (Fsp3) is 0.467. The number of alkyl halides is 3. The second-order valence-electron chi connectivity index (χ2n) is 5.44. The summed E-state index contributed by atoms with van der Waals surface area (Å²) in [6.07, 6.45) is -4.52. The molecule has 1 aromatic heterocycles. The molecule has 0 aliphatic carbocycles. The average molecular weight is 330 g/mol. The second kappa shape index (κ2) is 7.22. The van der Waals surface area contributed by atoms with E-state index in [1.807, 2.05) is 0 Å². The highest BCUT2D eigenvalue weighted by Crippen LogP contribution is 2.30. The van der Waals surface area contributed by atoms with Crippen molar-refractivity contribution in [1.82, 2.24) is 10.3 Å². The number of amides is 1. The molecule has 1 N–H and O–H groups in total. The van der Waals surface area contributed by atoms with Gasteiger partial charge in [-0.25, -0.2) is 9.78 Å². The Bertz CT molecular complexity index is 626. The number of hydrogen-bond acceptors (Lipinski definition) is 4. The molecule has 126 valence electrons. The van der Waals surface area contributed by atoms with E-state index in [-0.39, 0.29) is 18.0 Å². The third-order valence-electron chi connectivity index (χ3n) is 2.31. The summed E-state index contributed by atoms with van der Waals surface area (Å²) in [5, 5.41) is 2.37. The highest BCUT2D eigenvalue weighted by atomic mass is 19.4. The maximum Gasteiger partial charge on any atom is 0.417 e. The molecule has 0 atom stereocenters. The van der Waals surface area contributed by atoms with Crippen molar-refractivity contribution in [3.63, 3.8) is 0 Å². The van der Waals surface area contributed by atoms with Crippen LogP contribution in [-0.2, 0) is 10.9 Å². The van der Waals surface area contributed by atoms with E-state index in [2.05, 4.69) is 22.1 Å². The highest BCUT2D eigenvalue weighted by molar-refractivity contribution is 5.68. The van der Waals surface area contributed by atoms with Crippen molar-refractivity contribution >= 4 is 6.09 Å². The molecular weight excluding hydrogens is 313 g/mol. The Kier molecular flexibility index (Phi) is 5.85. The molecule has 0 fully saturated rings. The fourth-order valence-corrected chi connectivity index (χ4v) is 1.43. The lowest BCUT2D eigenvalue weighted by atomic mass is 10.2. The topological polar surface area (TPSA) is 60.5 Å². The smallest absolute Gasteiger partial charge is 0.417 e. The standard InChI is InChI=1S/C15H17F3N2O3/c1-14(2,3)23-13(21)19-7-5-6-10-8-11(15(16,17)18)9-20-12(10)22-4/h8-9H,7H2,1-4H3,(H,19,21). The molecule has 0 spiro atoms. The summed E-state index contributed by atoms with van der Waals surface area (Å²) in [6.45, 7) is 5.03. The molecule has 0 aromatic carbocycles. The molecule has 0 aliphatic heterocycles. The number of nitrogens with one attached hydrogen (secondary N) is 1. The van der Waals surface area contributed by atoms with Gasteiger partial charge < -0.3 is 14.8 Å². The average Bonchev–Trinajstić information content (AvgIpc) is 2.40. The largest absolute Gasteiger partial charge is 0.480 e. The number of pyridine rings is 1. The van der Waals surface area contributed by atoms with Crippen LogP contribution in [0.1, 0.15) is 31.9 Å². The molecule has 1 amide bonds. The van der Waals surface area contributed by atoms with Crippen molar-refractivity contribution < 1.29 is 27.4 Å². The summed E-state index contributed by atoms with van der Waals surface area (Å²) < 4.78 is 47.8. The van der Waals surface area contributed by atoms with Crippen molar-refractivity contribution in [2.75, 3.05) is 13.7 Å². The van der Waals surface area contributed by atoms with Crippen LogP contribution in [0.15, 0.2) is 12.3 Å². The second-order valence-corrected chi connectivity index (χ2v) is 5.44. The Morgan fingerprint density at radius 3 is 2.52 bits per heavy atom. The van der Waals surface area contributed by atoms with Gasteiger partial charge in [-0.15, -0.1) is 0 Å². The molecule has 23 heavy (non-hydrogen) atoms. The van der Waals surface area contributed by atoms with Crippen molar-refractivity contribution in [2.24, 2.45) is 0 Å². The Morgan fingerprint density at radius 2 is 2.00 bits per heavy atom. The molecule has 0 bridgehead atoms. The normalized spacial score (nSPS) is 11.3. The van der Waals surface area contributed by atoms with Crippen LogP contribution in [0.4, 0.5) is 18.0 Å². The summed E-state index contributed by atoms with van der Waals surface area (Å²) in [6, 6.07) is 0.840. The molecule has 1 heterocycles. The van der Waals surface area contributed by atoms with E-state index in [0.717, 1.165) is 6.07 Å². The van der Waals surface area contributed by atoms with E-state index in [4.69, 9.17) is 9.47 Å². The van der Waals surface area contributed by atoms with Gasteiger partial charge in [0.1, 0.15) is 5.60 Å². The zero-order chi connectivity index (χ0) is 17.7. The lowest BCUT2D eigenvalue weighted by molar-refractivity contribution is -0.137. The lowest BCUT2D eigenvalue weighted by Gasteiger charge is -2.19. The molecule has 0 unspecified atom stereocenters. The maximum atomic E-state index is 12.7. The third kappa shape index (κ3) is 6.46. The summed E-state index contributed by atoms with van der Waals surface area (Å²) >= 11 is 0. The number of aromatic nitrogens is 1. The summed E-state index contributed by atoms with van der Waals surface area (Å²) in [5.74, 6) is 4.98. The van der Waals surface area contributed by atoms with Crippen LogP contribution in [0, 0.1) is 11.8 Å². The Hall–Kier alpha value is -2.43. The van der Waals surface area contributed by atoms with Gasteiger partial charge in [0.05, 0.1) is 24.8 Å². The number of alkyl carbamates (subject to hydrolysis) is 1. The number of nitrogens with zero attached hydrogens (tertiary/aromatic N) is 1. The Labute approximate surface area is 132 Å². The van der Waals surface area contributed by atoms with Crippen LogP contribution in [0.25, 0.3) is 0 Å². The number of ether oxygens (including phenoxy) is 2. The summed E-state index contributed by atoms with van der Waals surface area (Å²) in [5.41, 5.74) is -1.60. The van der Waals surface area contributed by atoms with Crippen LogP contribution >= 0.6 is 0 Å². The van der Waals surface area contributed by atoms with Gasteiger partial charge in [-0.1, -0.05) is 11.8 Å². The molecule has 1 rings (SSSR count). The van der Waals surface area contributed by atoms with Crippen molar-refractivity contribution in [3.8, 4) is 17.7 Å². The van der Waals surface area contributed by atoms with Crippen molar-refractivity contribution in [2.45, 2.75) is 32.5 Å². The van der Waals surface area contributed by atoms with E-state index in [1.165, 1.54) is 7.11 Å². The van der Waals surface area contributed by atoms with Crippen LogP contribution in [0.5, 0.6) is 5.88 Å². The number of methoxy groups -OCH3 is 1. The third-order valence-corrected chi connectivity index (χ3v) is 2.31. The molecule has 0 radical (unpaired) electrons. The molecule has 5 nitrogen and oxygen atoms in total. The summed E-state index contributed by atoms with van der Waals surface area (Å²) in [4.78, 5) is 15.0. The van der Waals surface area contributed by atoms with Crippen molar-refractivity contribution in [3.05, 3.63) is 23.4 Å². The van der Waals surface area contributed by atoms with Crippen LogP contribution in [0.3, 0.4) is 0 Å². The van der Waals surface area contributed by atoms with E-state index in [1.54, 1.807) is 20.8 Å². The number of rotatable bonds is 2. The first kappa shape index (κ1) is 18.6. The van der Waals surface area contributed by atoms with E-state index >= 15 is 0 Å². The van der Waals surface area contributed by atoms with Crippen molar-refractivity contribution in [1.29, 1.82) is 0 Å². The minimum Gasteiger partial charge on any atom is -0.480 e. The maximum absolute atomic E-state index is 12.7. The Balaban J connectivity index is 2.79. The first-order valence-electron chi connectivity index (χ1n) is 6.60. The highest BCUT2D eigenvalue weighted by Gasteiger charge is 2.31. The van der Waals surface area contributed by atoms with E-state index in [0.29, 0.717) is 6.20 Å².